The van der Waals surface area contributed by atoms with E-state index in [-0.39, 0.29) is 0 Å². The van der Waals surface area contributed by atoms with Crippen LogP contribution in [0.5, 0.6) is 0 Å². The number of rotatable bonds is 2. The third-order valence-corrected chi connectivity index (χ3v) is 3.48. The van der Waals surface area contributed by atoms with Crippen LogP contribution in [0.2, 0.25) is 0 Å². The summed E-state index contributed by atoms with van der Waals surface area (Å²) in [7, 11) is 0. The van der Waals surface area contributed by atoms with Crippen LogP contribution in [0.1, 0.15) is 35.7 Å². The topological polar surface area (TPSA) is 20.3 Å². The number of benzene rings is 1. The third-order valence-electron chi connectivity index (χ3n) is 3.48. The van der Waals surface area contributed by atoms with Gasteiger partial charge in [0.2, 0.25) is 0 Å². The van der Waals surface area contributed by atoms with Crippen LogP contribution < -0.4 is 4.90 Å². The van der Waals surface area contributed by atoms with Crippen LogP contribution in [0, 0.1) is 5.92 Å². The molecule has 1 aromatic rings. The molecule has 0 spiro atoms. The molecule has 5 heteroatoms. The molecule has 1 fully saturated rings. The Balaban J connectivity index is 2.38. The maximum Gasteiger partial charge on any atom is 0.416 e. The predicted octanol–water partition coefficient (Wildman–Crippen LogP) is 3.75. The van der Waals surface area contributed by atoms with Crippen LogP contribution in [-0.2, 0) is 6.18 Å². The number of carbonyl (C=O) groups is 1. The second-order valence-electron chi connectivity index (χ2n) is 5.08. The molecule has 19 heavy (non-hydrogen) atoms. The molecule has 0 radical (unpaired) electrons. The lowest BCUT2D eigenvalue weighted by Gasteiger charge is -2.33. The highest BCUT2D eigenvalue weighted by Gasteiger charge is 2.32. The van der Waals surface area contributed by atoms with Gasteiger partial charge in [0.05, 0.1) is 5.56 Å². The molecule has 1 aliphatic heterocycles. The van der Waals surface area contributed by atoms with E-state index in [0.717, 1.165) is 25.0 Å². The molecule has 1 unspecified atom stereocenters. The first kappa shape index (κ1) is 13.9. The van der Waals surface area contributed by atoms with Crippen molar-refractivity contribution in [2.45, 2.75) is 25.9 Å². The quantitative estimate of drug-likeness (QED) is 0.763. The standard InChI is InChI=1S/C14H16F3NO/c1-10-3-2-6-18(8-10)13-7-12(14(15,16)17)5-4-11(13)9-19/h4-5,7,9-10H,2-3,6,8H2,1H3. The molecule has 0 bridgehead atoms. The largest absolute Gasteiger partial charge is 0.416 e. The van der Waals surface area contributed by atoms with Crippen LogP contribution in [0.3, 0.4) is 0 Å². The molecule has 0 saturated carbocycles. The highest BCUT2D eigenvalue weighted by atomic mass is 19.4. The molecule has 1 atom stereocenters. The number of anilines is 1. The van der Waals surface area contributed by atoms with Gasteiger partial charge in [0.25, 0.3) is 0 Å². The van der Waals surface area contributed by atoms with E-state index in [4.69, 9.17) is 0 Å². The summed E-state index contributed by atoms with van der Waals surface area (Å²) in [5.74, 6) is 0.433. The fourth-order valence-corrected chi connectivity index (χ4v) is 2.50. The highest BCUT2D eigenvalue weighted by molar-refractivity contribution is 5.85. The molecule has 0 N–H and O–H groups in total. The molecule has 1 heterocycles. The van der Waals surface area contributed by atoms with Crippen molar-refractivity contribution in [1.29, 1.82) is 0 Å². The van der Waals surface area contributed by atoms with Gasteiger partial charge in [0.15, 0.2) is 6.29 Å². The van der Waals surface area contributed by atoms with Gasteiger partial charge in [0.1, 0.15) is 0 Å². The van der Waals surface area contributed by atoms with E-state index in [2.05, 4.69) is 6.92 Å². The first-order chi connectivity index (χ1) is 8.91. The number of piperidine rings is 1. The van der Waals surface area contributed by atoms with Crippen LogP contribution in [0.15, 0.2) is 18.2 Å². The Hall–Kier alpha value is -1.52. The number of alkyl halides is 3. The van der Waals surface area contributed by atoms with Crippen molar-refractivity contribution in [3.63, 3.8) is 0 Å². The average Bonchev–Trinajstić information content (AvgIpc) is 2.37. The van der Waals surface area contributed by atoms with Crippen LogP contribution >= 0.6 is 0 Å². The second-order valence-corrected chi connectivity index (χ2v) is 5.08. The van der Waals surface area contributed by atoms with Crippen molar-refractivity contribution in [3.8, 4) is 0 Å². The van der Waals surface area contributed by atoms with Gasteiger partial charge in [-0.25, -0.2) is 0 Å². The first-order valence-electron chi connectivity index (χ1n) is 6.33. The number of hydrogen-bond acceptors (Lipinski definition) is 2. The molecular formula is C14H16F3NO. The smallest absolute Gasteiger partial charge is 0.371 e. The van der Waals surface area contributed by atoms with Crippen molar-refractivity contribution < 1.29 is 18.0 Å². The Labute approximate surface area is 110 Å². The maximum absolute atomic E-state index is 12.7. The summed E-state index contributed by atoms with van der Waals surface area (Å²) in [4.78, 5) is 12.9. The Morgan fingerprint density at radius 2 is 2.11 bits per heavy atom. The Bertz CT molecular complexity index is 470. The fraction of sp³-hybridized carbons (Fsp3) is 0.500. The molecule has 0 amide bonds. The first-order valence-corrected chi connectivity index (χ1v) is 6.33. The SMILES string of the molecule is CC1CCCN(c2cc(C(F)(F)F)ccc2C=O)C1. The summed E-state index contributed by atoms with van der Waals surface area (Å²) in [6, 6.07) is 3.30. The van der Waals surface area contributed by atoms with E-state index < -0.39 is 11.7 Å². The van der Waals surface area contributed by atoms with E-state index in [0.29, 0.717) is 36.5 Å². The third kappa shape index (κ3) is 3.08. The zero-order valence-electron chi connectivity index (χ0n) is 10.7. The summed E-state index contributed by atoms with van der Waals surface area (Å²) in [5.41, 5.74) is 0.0183. The maximum atomic E-state index is 12.7. The van der Waals surface area contributed by atoms with Crippen molar-refractivity contribution in [2.24, 2.45) is 5.92 Å². The number of nitrogens with zero attached hydrogens (tertiary/aromatic N) is 1. The van der Waals surface area contributed by atoms with Crippen LogP contribution in [-0.4, -0.2) is 19.4 Å². The van der Waals surface area contributed by atoms with Crippen LogP contribution in [0.4, 0.5) is 18.9 Å². The van der Waals surface area contributed by atoms with Gasteiger partial charge in [-0.1, -0.05) is 6.92 Å². The van der Waals surface area contributed by atoms with Gasteiger partial charge >= 0.3 is 6.18 Å². The van der Waals surface area contributed by atoms with E-state index in [1.165, 1.54) is 6.07 Å². The molecule has 0 aromatic heterocycles. The normalized spacial score (nSPS) is 20.4. The Kier molecular flexibility index (Phi) is 3.83. The monoisotopic (exact) mass is 271 g/mol. The minimum Gasteiger partial charge on any atom is -0.371 e. The molecule has 1 saturated heterocycles. The Morgan fingerprint density at radius 3 is 2.68 bits per heavy atom. The van der Waals surface area contributed by atoms with Crippen molar-refractivity contribution in [2.75, 3.05) is 18.0 Å². The molecule has 2 nitrogen and oxygen atoms in total. The molecule has 0 aliphatic carbocycles. The lowest BCUT2D eigenvalue weighted by molar-refractivity contribution is -0.137. The van der Waals surface area contributed by atoms with Crippen LogP contribution in [0.25, 0.3) is 0 Å². The fourth-order valence-electron chi connectivity index (χ4n) is 2.50. The summed E-state index contributed by atoms with van der Waals surface area (Å²) in [6.07, 6.45) is -1.74. The number of carbonyl (C=O) groups excluding carboxylic acids is 1. The van der Waals surface area contributed by atoms with Gasteiger partial charge in [-0.05, 0) is 37.0 Å². The van der Waals surface area contributed by atoms with Gasteiger partial charge in [-0.3, -0.25) is 4.79 Å². The van der Waals surface area contributed by atoms with Gasteiger partial charge in [-0.2, -0.15) is 13.2 Å². The van der Waals surface area contributed by atoms with Crippen molar-refractivity contribution in [3.05, 3.63) is 29.3 Å². The van der Waals surface area contributed by atoms with Gasteiger partial charge in [-0.15, -0.1) is 0 Å². The lowest BCUT2D eigenvalue weighted by atomic mass is 9.98. The zero-order valence-corrected chi connectivity index (χ0v) is 10.7. The van der Waals surface area contributed by atoms with Crippen molar-refractivity contribution in [1.82, 2.24) is 0 Å². The number of hydrogen-bond donors (Lipinski definition) is 0. The molecule has 2 rings (SSSR count). The summed E-state index contributed by atoms with van der Waals surface area (Å²) in [6.45, 7) is 3.47. The minimum absolute atomic E-state index is 0.321. The summed E-state index contributed by atoms with van der Waals surface area (Å²) >= 11 is 0. The molecular weight excluding hydrogens is 255 g/mol. The van der Waals surface area contributed by atoms with Gasteiger partial charge < -0.3 is 4.90 Å². The predicted molar refractivity (Wildman–Crippen MR) is 67.4 cm³/mol. The van der Waals surface area contributed by atoms with E-state index in [1.54, 1.807) is 0 Å². The number of aldehydes is 1. The zero-order chi connectivity index (χ0) is 14.0. The molecule has 1 aromatic carbocycles. The highest BCUT2D eigenvalue weighted by Crippen LogP contribution is 2.34. The van der Waals surface area contributed by atoms with E-state index in [9.17, 15) is 18.0 Å². The van der Waals surface area contributed by atoms with Gasteiger partial charge in [0, 0.05) is 24.3 Å². The lowest BCUT2D eigenvalue weighted by Crippen LogP contribution is -2.35. The minimum atomic E-state index is -4.38. The van der Waals surface area contributed by atoms with E-state index in [1.807, 2.05) is 4.90 Å². The van der Waals surface area contributed by atoms with Crippen molar-refractivity contribution >= 4 is 12.0 Å². The average molecular weight is 271 g/mol. The van der Waals surface area contributed by atoms with E-state index >= 15 is 0 Å². The summed E-state index contributed by atoms with van der Waals surface area (Å²) in [5, 5.41) is 0. The molecule has 104 valence electrons. The Morgan fingerprint density at radius 1 is 1.37 bits per heavy atom. The second kappa shape index (κ2) is 5.23. The number of halogens is 3. The molecule has 1 aliphatic rings. The summed E-state index contributed by atoms with van der Waals surface area (Å²) < 4.78 is 38.2.